The van der Waals surface area contributed by atoms with E-state index in [9.17, 15) is 9.59 Å². The summed E-state index contributed by atoms with van der Waals surface area (Å²) in [5.41, 5.74) is 2.87. The minimum atomic E-state index is -0.537. The highest BCUT2D eigenvalue weighted by Crippen LogP contribution is 2.24. The van der Waals surface area contributed by atoms with E-state index in [1.165, 1.54) is 0 Å². The second-order valence-corrected chi connectivity index (χ2v) is 7.26. The first-order valence-electron chi connectivity index (χ1n) is 9.83. The standard InChI is InChI=1S/C25H22N2O3/c1-16-14-22(21-11-5-6-13-23(21)26-16)25(29)30-15-24(28)27-17(2)19-12-7-9-18-8-3-4-10-20(18)19/h3-14,17H,15H2,1-2H3,(H,27,28)/t17-/m1/s1. The number of nitrogens with one attached hydrogen (secondary N) is 1. The summed E-state index contributed by atoms with van der Waals surface area (Å²) in [4.78, 5) is 29.5. The van der Waals surface area contributed by atoms with Crippen LogP contribution in [0.4, 0.5) is 0 Å². The molecule has 5 nitrogen and oxygen atoms in total. The number of amides is 1. The number of carbonyl (C=O) groups is 2. The number of esters is 1. The largest absolute Gasteiger partial charge is 0.452 e. The van der Waals surface area contributed by atoms with Gasteiger partial charge in [0.15, 0.2) is 6.61 Å². The second kappa shape index (κ2) is 8.33. The van der Waals surface area contributed by atoms with Gasteiger partial charge in [0.1, 0.15) is 0 Å². The Bertz CT molecular complexity index is 1240. The van der Waals surface area contributed by atoms with E-state index >= 15 is 0 Å². The number of rotatable bonds is 5. The van der Waals surface area contributed by atoms with Crippen molar-refractivity contribution < 1.29 is 14.3 Å². The average Bonchev–Trinajstić information content (AvgIpc) is 2.76. The molecule has 1 N–H and O–H groups in total. The van der Waals surface area contributed by atoms with E-state index in [-0.39, 0.29) is 18.6 Å². The summed E-state index contributed by atoms with van der Waals surface area (Å²) in [6, 6.07) is 22.9. The average molecular weight is 398 g/mol. The molecule has 0 aliphatic carbocycles. The van der Waals surface area contributed by atoms with Crippen molar-refractivity contribution in [2.24, 2.45) is 0 Å². The molecule has 0 saturated heterocycles. The first-order valence-corrected chi connectivity index (χ1v) is 9.83. The first-order chi connectivity index (χ1) is 14.5. The highest BCUT2D eigenvalue weighted by Gasteiger charge is 2.17. The molecule has 4 rings (SSSR count). The number of benzene rings is 3. The van der Waals surface area contributed by atoms with Gasteiger partial charge in [-0.25, -0.2) is 4.79 Å². The van der Waals surface area contributed by atoms with E-state index in [1.54, 1.807) is 6.07 Å². The van der Waals surface area contributed by atoms with Gasteiger partial charge >= 0.3 is 5.97 Å². The van der Waals surface area contributed by atoms with Crippen LogP contribution in [0.1, 0.15) is 34.6 Å². The predicted molar refractivity (Wildman–Crippen MR) is 117 cm³/mol. The Balaban J connectivity index is 1.44. The van der Waals surface area contributed by atoms with Crippen molar-refractivity contribution >= 4 is 33.6 Å². The maximum atomic E-state index is 12.6. The molecule has 0 spiro atoms. The van der Waals surface area contributed by atoms with Gasteiger partial charge in [0.2, 0.25) is 0 Å². The number of aromatic nitrogens is 1. The van der Waals surface area contributed by atoms with Gasteiger partial charge in [-0.3, -0.25) is 9.78 Å². The number of pyridine rings is 1. The third-order valence-electron chi connectivity index (χ3n) is 5.07. The topological polar surface area (TPSA) is 68.3 Å². The zero-order valence-corrected chi connectivity index (χ0v) is 16.9. The number of fused-ring (bicyclic) bond motifs is 2. The summed E-state index contributed by atoms with van der Waals surface area (Å²) in [5.74, 6) is -0.886. The molecular weight excluding hydrogens is 376 g/mol. The molecule has 30 heavy (non-hydrogen) atoms. The summed E-state index contributed by atoms with van der Waals surface area (Å²) in [6.45, 7) is 3.40. The van der Waals surface area contributed by atoms with Crippen molar-refractivity contribution in [3.05, 3.63) is 89.6 Å². The fourth-order valence-corrected chi connectivity index (χ4v) is 3.67. The lowest BCUT2D eigenvalue weighted by Gasteiger charge is -2.17. The predicted octanol–water partition coefficient (Wildman–Crippen LogP) is 4.73. The highest BCUT2D eigenvalue weighted by atomic mass is 16.5. The quantitative estimate of drug-likeness (QED) is 0.494. The van der Waals surface area contributed by atoms with Crippen LogP contribution in [-0.4, -0.2) is 23.5 Å². The van der Waals surface area contributed by atoms with E-state index < -0.39 is 5.97 Å². The van der Waals surface area contributed by atoms with Gasteiger partial charge in [-0.2, -0.15) is 0 Å². The number of para-hydroxylation sites is 1. The van der Waals surface area contributed by atoms with Crippen molar-refractivity contribution in [2.45, 2.75) is 19.9 Å². The number of aryl methyl sites for hydroxylation is 1. The van der Waals surface area contributed by atoms with Crippen LogP contribution in [0.3, 0.4) is 0 Å². The van der Waals surface area contributed by atoms with Gasteiger partial charge in [-0.1, -0.05) is 60.7 Å². The molecule has 0 bridgehead atoms. The zero-order valence-electron chi connectivity index (χ0n) is 16.9. The Morgan fingerprint density at radius 3 is 2.50 bits per heavy atom. The van der Waals surface area contributed by atoms with Crippen LogP contribution < -0.4 is 5.32 Å². The van der Waals surface area contributed by atoms with E-state index in [1.807, 2.05) is 80.6 Å². The molecule has 0 aliphatic rings. The lowest BCUT2D eigenvalue weighted by Crippen LogP contribution is -2.31. The maximum Gasteiger partial charge on any atom is 0.339 e. The van der Waals surface area contributed by atoms with Crippen molar-refractivity contribution in [3.8, 4) is 0 Å². The fraction of sp³-hybridized carbons (Fsp3) is 0.160. The molecule has 0 fully saturated rings. The lowest BCUT2D eigenvalue weighted by molar-refractivity contribution is -0.124. The lowest BCUT2D eigenvalue weighted by atomic mass is 10.00. The Hall–Kier alpha value is -3.73. The number of hydrogen-bond acceptors (Lipinski definition) is 4. The minimum Gasteiger partial charge on any atom is -0.452 e. The van der Waals surface area contributed by atoms with Gasteiger partial charge < -0.3 is 10.1 Å². The summed E-state index contributed by atoms with van der Waals surface area (Å²) in [5, 5.41) is 5.82. The first kappa shape index (κ1) is 19.6. The molecule has 150 valence electrons. The monoisotopic (exact) mass is 398 g/mol. The van der Waals surface area contributed by atoms with Crippen LogP contribution in [0.2, 0.25) is 0 Å². The normalized spacial score (nSPS) is 11.9. The Labute approximate surface area is 174 Å². The third-order valence-corrected chi connectivity index (χ3v) is 5.07. The molecular formula is C25H22N2O3. The molecule has 0 saturated carbocycles. The second-order valence-electron chi connectivity index (χ2n) is 7.26. The highest BCUT2D eigenvalue weighted by molar-refractivity contribution is 6.04. The number of hydrogen-bond donors (Lipinski definition) is 1. The van der Waals surface area contributed by atoms with Gasteiger partial charge in [0.05, 0.1) is 17.1 Å². The van der Waals surface area contributed by atoms with E-state index in [4.69, 9.17) is 4.74 Å². The Kier molecular flexibility index (Phi) is 5.44. The van der Waals surface area contributed by atoms with Crippen LogP contribution in [0.25, 0.3) is 21.7 Å². The molecule has 1 amide bonds. The van der Waals surface area contributed by atoms with Gasteiger partial charge in [-0.15, -0.1) is 0 Å². The van der Waals surface area contributed by atoms with Crippen LogP contribution in [-0.2, 0) is 9.53 Å². The third kappa shape index (κ3) is 4.01. The molecule has 0 aliphatic heterocycles. The van der Waals surface area contributed by atoms with Gasteiger partial charge in [0, 0.05) is 11.1 Å². The van der Waals surface area contributed by atoms with Crippen molar-refractivity contribution in [2.75, 3.05) is 6.61 Å². The number of carbonyl (C=O) groups excluding carboxylic acids is 2. The van der Waals surface area contributed by atoms with Crippen molar-refractivity contribution in [1.29, 1.82) is 0 Å². The molecule has 5 heteroatoms. The Morgan fingerprint density at radius 1 is 0.967 bits per heavy atom. The zero-order chi connectivity index (χ0) is 21.1. The fourth-order valence-electron chi connectivity index (χ4n) is 3.67. The Morgan fingerprint density at radius 2 is 1.67 bits per heavy atom. The maximum absolute atomic E-state index is 12.6. The number of ether oxygens (including phenoxy) is 1. The van der Waals surface area contributed by atoms with Crippen LogP contribution in [0, 0.1) is 6.92 Å². The number of nitrogens with zero attached hydrogens (tertiary/aromatic N) is 1. The molecule has 1 heterocycles. The van der Waals surface area contributed by atoms with E-state index in [0.717, 1.165) is 27.5 Å². The molecule has 1 atom stereocenters. The van der Waals surface area contributed by atoms with Crippen molar-refractivity contribution in [1.82, 2.24) is 10.3 Å². The van der Waals surface area contributed by atoms with Crippen LogP contribution >= 0.6 is 0 Å². The van der Waals surface area contributed by atoms with E-state index in [2.05, 4.69) is 10.3 Å². The molecule has 0 unspecified atom stereocenters. The van der Waals surface area contributed by atoms with Crippen molar-refractivity contribution in [3.63, 3.8) is 0 Å². The summed E-state index contributed by atoms with van der Waals surface area (Å²) in [6.07, 6.45) is 0. The molecule has 3 aromatic carbocycles. The van der Waals surface area contributed by atoms with Gasteiger partial charge in [0.25, 0.3) is 5.91 Å². The molecule has 0 radical (unpaired) electrons. The molecule has 1 aromatic heterocycles. The summed E-state index contributed by atoms with van der Waals surface area (Å²) < 4.78 is 5.30. The summed E-state index contributed by atoms with van der Waals surface area (Å²) in [7, 11) is 0. The van der Waals surface area contributed by atoms with Gasteiger partial charge in [-0.05, 0) is 42.3 Å². The van der Waals surface area contributed by atoms with Crippen LogP contribution in [0.15, 0.2) is 72.8 Å². The minimum absolute atomic E-state index is 0.216. The van der Waals surface area contributed by atoms with E-state index in [0.29, 0.717) is 10.9 Å². The van der Waals surface area contributed by atoms with Crippen LogP contribution in [0.5, 0.6) is 0 Å². The smallest absolute Gasteiger partial charge is 0.339 e. The summed E-state index contributed by atoms with van der Waals surface area (Å²) >= 11 is 0. The SMILES string of the molecule is Cc1cc(C(=O)OCC(=O)N[C@H](C)c2cccc3ccccc23)c2ccccc2n1. The molecule has 4 aromatic rings.